The van der Waals surface area contributed by atoms with Crippen LogP contribution in [0.2, 0.25) is 0 Å². The van der Waals surface area contributed by atoms with E-state index in [9.17, 15) is 8.42 Å². The second-order valence-electron chi connectivity index (χ2n) is 7.91. The molecule has 0 unspecified atom stereocenters. The van der Waals surface area contributed by atoms with Crippen LogP contribution >= 0.6 is 12.4 Å². The number of nitrogens with zero attached hydrogens (tertiary/aromatic N) is 2. The molecule has 0 N–H and O–H groups in total. The fraction of sp³-hybridized carbons (Fsp3) is 0.455. The van der Waals surface area contributed by atoms with Crippen LogP contribution in [0, 0.1) is 0 Å². The quantitative estimate of drug-likeness (QED) is 0.744. The lowest BCUT2D eigenvalue weighted by atomic mass is 10.0. The highest BCUT2D eigenvalue weighted by molar-refractivity contribution is 7.91. The maximum atomic E-state index is 12.9. The number of likely N-dealkylation sites (tertiary alicyclic amines) is 1. The van der Waals surface area contributed by atoms with Gasteiger partial charge in [-0.05, 0) is 69.0 Å². The minimum atomic E-state index is -3.44. The third-order valence-electron chi connectivity index (χ3n) is 6.02. The number of anilines is 1. The van der Waals surface area contributed by atoms with Gasteiger partial charge in [0.15, 0.2) is 0 Å². The normalized spacial score (nSPS) is 18.2. The molecule has 28 heavy (non-hydrogen) atoms. The van der Waals surface area contributed by atoms with Crippen LogP contribution in [0.3, 0.4) is 0 Å². The first-order valence-electron chi connectivity index (χ1n) is 9.90. The molecule has 0 amide bonds. The smallest absolute Gasteiger partial charge is 0.206 e. The Labute approximate surface area is 174 Å². The molecule has 0 atom stereocenters. The number of fused-ring (bicyclic) bond motifs is 1. The zero-order valence-corrected chi connectivity index (χ0v) is 18.2. The molecule has 2 aliphatic heterocycles. The average molecular weight is 421 g/mol. The molecule has 4 nitrogen and oxygen atoms in total. The Kier molecular flexibility index (Phi) is 6.37. The largest absolute Gasteiger partial charge is 0.368 e. The predicted octanol–water partition coefficient (Wildman–Crippen LogP) is 4.18. The van der Waals surface area contributed by atoms with Gasteiger partial charge >= 0.3 is 0 Å². The minimum absolute atomic E-state index is 0. The Morgan fingerprint density at radius 1 is 0.929 bits per heavy atom. The molecule has 0 bridgehead atoms. The molecule has 0 aromatic heterocycles. The molecule has 2 heterocycles. The molecule has 2 aromatic rings. The lowest BCUT2D eigenvalue weighted by molar-refractivity contribution is 0.170. The molecule has 152 valence electrons. The monoisotopic (exact) mass is 420 g/mol. The number of hydrogen-bond donors (Lipinski definition) is 0. The number of hydrogen-bond acceptors (Lipinski definition) is 4. The van der Waals surface area contributed by atoms with Crippen molar-refractivity contribution in [3.63, 3.8) is 0 Å². The van der Waals surface area contributed by atoms with Crippen LogP contribution in [-0.4, -0.2) is 45.0 Å². The fourth-order valence-electron chi connectivity index (χ4n) is 4.40. The van der Waals surface area contributed by atoms with Crippen molar-refractivity contribution < 1.29 is 8.42 Å². The van der Waals surface area contributed by atoms with E-state index in [4.69, 9.17) is 0 Å². The van der Waals surface area contributed by atoms with E-state index < -0.39 is 9.84 Å². The van der Waals surface area contributed by atoms with Crippen molar-refractivity contribution >= 4 is 27.9 Å². The van der Waals surface area contributed by atoms with E-state index in [2.05, 4.69) is 23.6 Å². The SMILES string of the molecule is CC(C)N1CCC(N2CCc3cc(S(=O)(=O)c4ccccc4)ccc32)CC1.Cl. The van der Waals surface area contributed by atoms with Crippen LogP contribution in [0.4, 0.5) is 5.69 Å². The third kappa shape index (κ3) is 3.93. The summed E-state index contributed by atoms with van der Waals surface area (Å²) in [6.45, 7) is 7.82. The van der Waals surface area contributed by atoms with E-state index in [1.54, 1.807) is 30.3 Å². The molecule has 0 radical (unpaired) electrons. The van der Waals surface area contributed by atoms with Gasteiger partial charge in [-0.3, -0.25) is 0 Å². The summed E-state index contributed by atoms with van der Waals surface area (Å²) in [4.78, 5) is 5.82. The topological polar surface area (TPSA) is 40.6 Å². The summed E-state index contributed by atoms with van der Waals surface area (Å²) < 4.78 is 25.8. The highest BCUT2D eigenvalue weighted by Gasteiger charge is 2.31. The molecule has 2 aromatic carbocycles. The van der Waals surface area contributed by atoms with Gasteiger partial charge in [0.05, 0.1) is 9.79 Å². The van der Waals surface area contributed by atoms with Gasteiger partial charge in [-0.2, -0.15) is 0 Å². The van der Waals surface area contributed by atoms with Crippen molar-refractivity contribution in [2.75, 3.05) is 24.5 Å². The summed E-state index contributed by atoms with van der Waals surface area (Å²) in [6.07, 6.45) is 3.29. The maximum Gasteiger partial charge on any atom is 0.206 e. The zero-order chi connectivity index (χ0) is 19.0. The van der Waals surface area contributed by atoms with Crippen LogP contribution in [0.5, 0.6) is 0 Å². The Morgan fingerprint density at radius 3 is 2.25 bits per heavy atom. The Morgan fingerprint density at radius 2 is 1.61 bits per heavy atom. The average Bonchev–Trinajstić information content (AvgIpc) is 3.12. The second-order valence-corrected chi connectivity index (χ2v) is 9.86. The third-order valence-corrected chi connectivity index (χ3v) is 7.78. The number of rotatable bonds is 4. The van der Waals surface area contributed by atoms with Gasteiger partial charge in [-0.15, -0.1) is 12.4 Å². The molecule has 1 saturated heterocycles. The van der Waals surface area contributed by atoms with Gasteiger partial charge in [0.25, 0.3) is 0 Å². The zero-order valence-electron chi connectivity index (χ0n) is 16.5. The van der Waals surface area contributed by atoms with E-state index in [-0.39, 0.29) is 12.4 Å². The number of halogens is 1. The Balaban J connectivity index is 0.00000225. The van der Waals surface area contributed by atoms with Gasteiger partial charge in [-0.25, -0.2) is 8.42 Å². The van der Waals surface area contributed by atoms with E-state index in [1.807, 2.05) is 18.2 Å². The molecule has 0 aliphatic carbocycles. The van der Waals surface area contributed by atoms with Crippen molar-refractivity contribution in [1.82, 2.24) is 4.90 Å². The number of sulfone groups is 1. The fourth-order valence-corrected chi connectivity index (χ4v) is 5.73. The molecular weight excluding hydrogens is 392 g/mol. The summed E-state index contributed by atoms with van der Waals surface area (Å²) in [6, 6.07) is 15.6. The summed E-state index contributed by atoms with van der Waals surface area (Å²) in [5, 5.41) is 0. The van der Waals surface area contributed by atoms with E-state index in [0.717, 1.165) is 26.1 Å². The van der Waals surface area contributed by atoms with Crippen molar-refractivity contribution in [3.8, 4) is 0 Å². The Hall–Kier alpha value is -1.56. The maximum absolute atomic E-state index is 12.9. The number of benzene rings is 2. The minimum Gasteiger partial charge on any atom is -0.368 e. The van der Waals surface area contributed by atoms with Crippen LogP contribution in [0.15, 0.2) is 58.3 Å². The summed E-state index contributed by atoms with van der Waals surface area (Å²) in [5.41, 5.74) is 2.39. The molecule has 2 aliphatic rings. The molecule has 6 heteroatoms. The first-order valence-corrected chi connectivity index (χ1v) is 11.4. The predicted molar refractivity (Wildman–Crippen MR) is 116 cm³/mol. The van der Waals surface area contributed by atoms with Crippen molar-refractivity contribution in [2.24, 2.45) is 0 Å². The van der Waals surface area contributed by atoms with Crippen molar-refractivity contribution in [1.29, 1.82) is 0 Å². The highest BCUT2D eigenvalue weighted by atomic mass is 35.5. The lowest BCUT2D eigenvalue weighted by Crippen LogP contribution is -2.46. The van der Waals surface area contributed by atoms with Crippen LogP contribution in [0.25, 0.3) is 0 Å². The van der Waals surface area contributed by atoms with E-state index >= 15 is 0 Å². The molecular formula is C22H29ClN2O2S. The van der Waals surface area contributed by atoms with Crippen LogP contribution in [-0.2, 0) is 16.3 Å². The lowest BCUT2D eigenvalue weighted by Gasteiger charge is -2.39. The molecule has 0 spiro atoms. The molecule has 4 rings (SSSR count). The van der Waals surface area contributed by atoms with Crippen LogP contribution in [0.1, 0.15) is 32.3 Å². The summed E-state index contributed by atoms with van der Waals surface area (Å²) in [7, 11) is -3.44. The van der Waals surface area contributed by atoms with Crippen molar-refractivity contribution in [2.45, 2.75) is 55.0 Å². The van der Waals surface area contributed by atoms with Gasteiger partial charge in [0.1, 0.15) is 0 Å². The second kappa shape index (κ2) is 8.44. The van der Waals surface area contributed by atoms with Gasteiger partial charge in [0, 0.05) is 37.4 Å². The first-order chi connectivity index (χ1) is 13.0. The van der Waals surface area contributed by atoms with Crippen molar-refractivity contribution in [3.05, 3.63) is 54.1 Å². The van der Waals surface area contributed by atoms with Gasteiger partial charge in [-0.1, -0.05) is 18.2 Å². The molecule has 0 saturated carbocycles. The van der Waals surface area contributed by atoms with Gasteiger partial charge < -0.3 is 9.80 Å². The number of piperidine rings is 1. The summed E-state index contributed by atoms with van der Waals surface area (Å²) in [5.74, 6) is 0. The molecule has 1 fully saturated rings. The first kappa shape index (κ1) is 21.2. The Bertz CT molecular complexity index is 907. The van der Waals surface area contributed by atoms with E-state index in [1.165, 1.54) is 24.1 Å². The van der Waals surface area contributed by atoms with E-state index in [0.29, 0.717) is 21.9 Å². The standard InChI is InChI=1S/C22H28N2O2S.ClH/c1-17(2)23-13-11-19(12-14-23)24-15-10-18-16-21(8-9-22(18)24)27(25,26)20-6-4-3-5-7-20;/h3-9,16-17,19H,10-15H2,1-2H3;1H. The van der Waals surface area contributed by atoms with Gasteiger partial charge in [0.2, 0.25) is 9.84 Å². The highest BCUT2D eigenvalue weighted by Crippen LogP contribution is 2.35. The summed E-state index contributed by atoms with van der Waals surface area (Å²) >= 11 is 0. The van der Waals surface area contributed by atoms with Crippen LogP contribution < -0.4 is 4.90 Å².